The van der Waals surface area contributed by atoms with Crippen LogP contribution in [0, 0.1) is 0 Å². The smallest absolute Gasteiger partial charge is 0.306 e. The molecule has 1 aromatic carbocycles. The molecule has 1 aromatic rings. The van der Waals surface area contributed by atoms with Gasteiger partial charge in [-0.2, -0.15) is 0 Å². The van der Waals surface area contributed by atoms with Gasteiger partial charge in [0.05, 0.1) is 6.61 Å². The van der Waals surface area contributed by atoms with Gasteiger partial charge in [-0.3, -0.25) is 4.79 Å². The lowest BCUT2D eigenvalue weighted by atomic mass is 10.2. The van der Waals surface area contributed by atoms with Crippen molar-refractivity contribution in [3.05, 3.63) is 42.0 Å². The van der Waals surface area contributed by atoms with Gasteiger partial charge < -0.3 is 4.74 Å². The van der Waals surface area contributed by atoms with Crippen LogP contribution in [0.4, 0.5) is 0 Å². The molecule has 2 heteroatoms. The number of carbonyl (C=O) groups is 1. The predicted octanol–water partition coefficient (Wildman–Crippen LogP) is 4.21. The zero-order valence-electron chi connectivity index (χ0n) is 11.1. The molecular formula is C16H22O2. The normalized spacial score (nSPS) is 10.7. The van der Waals surface area contributed by atoms with Gasteiger partial charge in [0.1, 0.15) is 0 Å². The van der Waals surface area contributed by atoms with Crippen LogP contribution in [-0.4, -0.2) is 12.6 Å². The van der Waals surface area contributed by atoms with E-state index in [9.17, 15) is 4.79 Å². The van der Waals surface area contributed by atoms with Crippen LogP contribution in [-0.2, 0) is 9.53 Å². The Morgan fingerprint density at radius 2 is 2.00 bits per heavy atom. The van der Waals surface area contributed by atoms with Gasteiger partial charge in [0.2, 0.25) is 0 Å². The van der Waals surface area contributed by atoms with Gasteiger partial charge in [0.15, 0.2) is 0 Å². The maximum Gasteiger partial charge on any atom is 0.306 e. The Bertz CT molecular complexity index is 355. The van der Waals surface area contributed by atoms with Crippen molar-refractivity contribution in [2.24, 2.45) is 0 Å². The van der Waals surface area contributed by atoms with Crippen molar-refractivity contribution in [3.63, 3.8) is 0 Å². The summed E-state index contributed by atoms with van der Waals surface area (Å²) in [5.74, 6) is -0.0937. The largest absolute Gasteiger partial charge is 0.466 e. The van der Waals surface area contributed by atoms with Crippen molar-refractivity contribution < 1.29 is 9.53 Å². The van der Waals surface area contributed by atoms with Crippen LogP contribution in [0.3, 0.4) is 0 Å². The fourth-order valence-corrected chi connectivity index (χ4v) is 1.59. The third-order valence-electron chi connectivity index (χ3n) is 2.64. The Morgan fingerprint density at radius 3 is 2.72 bits per heavy atom. The number of hydrogen-bond donors (Lipinski definition) is 0. The first-order valence-corrected chi connectivity index (χ1v) is 6.70. The lowest BCUT2D eigenvalue weighted by molar-refractivity contribution is -0.143. The van der Waals surface area contributed by atoms with Crippen LogP contribution >= 0.6 is 0 Å². The second-order valence-corrected chi connectivity index (χ2v) is 4.28. The fourth-order valence-electron chi connectivity index (χ4n) is 1.59. The molecule has 98 valence electrons. The van der Waals surface area contributed by atoms with E-state index in [0.29, 0.717) is 13.0 Å². The van der Waals surface area contributed by atoms with Crippen molar-refractivity contribution in [2.45, 2.75) is 39.0 Å². The summed E-state index contributed by atoms with van der Waals surface area (Å²) in [4.78, 5) is 11.4. The number of allylic oxidation sites excluding steroid dienone is 1. The molecule has 0 aliphatic rings. The van der Waals surface area contributed by atoms with E-state index in [-0.39, 0.29) is 5.97 Å². The first-order chi connectivity index (χ1) is 8.83. The summed E-state index contributed by atoms with van der Waals surface area (Å²) >= 11 is 0. The number of hydrogen-bond acceptors (Lipinski definition) is 2. The molecule has 0 spiro atoms. The summed E-state index contributed by atoms with van der Waals surface area (Å²) in [6, 6.07) is 10.1. The van der Waals surface area contributed by atoms with E-state index in [4.69, 9.17) is 4.74 Å². The fraction of sp³-hybridized carbons (Fsp3) is 0.438. The molecule has 0 heterocycles. The average molecular weight is 246 g/mol. The maximum atomic E-state index is 11.4. The van der Waals surface area contributed by atoms with Crippen molar-refractivity contribution in [2.75, 3.05) is 6.61 Å². The van der Waals surface area contributed by atoms with E-state index in [1.807, 2.05) is 42.5 Å². The van der Waals surface area contributed by atoms with Crippen molar-refractivity contribution in [1.29, 1.82) is 0 Å². The quantitative estimate of drug-likeness (QED) is 0.507. The Kier molecular flexibility index (Phi) is 7.61. The predicted molar refractivity (Wildman–Crippen MR) is 75.2 cm³/mol. The molecule has 0 atom stereocenters. The standard InChI is InChI=1S/C16H22O2/c1-2-3-9-14-18-16(17)13-8-7-12-15-10-5-4-6-11-15/h4-7,10-12H,2-3,8-9,13-14H2,1H3/b12-7+. The van der Waals surface area contributed by atoms with Gasteiger partial charge in [0, 0.05) is 6.42 Å². The molecule has 0 N–H and O–H groups in total. The van der Waals surface area contributed by atoms with Crippen LogP contribution in [0.5, 0.6) is 0 Å². The Morgan fingerprint density at radius 1 is 1.22 bits per heavy atom. The number of unbranched alkanes of at least 4 members (excludes halogenated alkanes) is 2. The second-order valence-electron chi connectivity index (χ2n) is 4.28. The average Bonchev–Trinajstić information content (AvgIpc) is 2.41. The summed E-state index contributed by atoms with van der Waals surface area (Å²) in [7, 11) is 0. The van der Waals surface area contributed by atoms with E-state index < -0.39 is 0 Å². The van der Waals surface area contributed by atoms with Crippen LogP contribution < -0.4 is 0 Å². The topological polar surface area (TPSA) is 26.3 Å². The van der Waals surface area contributed by atoms with Crippen LogP contribution in [0.1, 0.15) is 44.6 Å². The number of ether oxygens (including phenoxy) is 1. The van der Waals surface area contributed by atoms with Gasteiger partial charge in [-0.15, -0.1) is 0 Å². The summed E-state index contributed by atoms with van der Waals surface area (Å²) in [5, 5.41) is 0. The molecular weight excluding hydrogens is 224 g/mol. The summed E-state index contributed by atoms with van der Waals surface area (Å²) in [6.45, 7) is 2.70. The van der Waals surface area contributed by atoms with Gasteiger partial charge in [-0.25, -0.2) is 0 Å². The Hall–Kier alpha value is -1.57. The molecule has 0 saturated carbocycles. The second kappa shape index (κ2) is 9.46. The molecule has 0 aliphatic heterocycles. The number of rotatable bonds is 8. The van der Waals surface area contributed by atoms with Crippen LogP contribution in [0.25, 0.3) is 6.08 Å². The molecule has 0 aromatic heterocycles. The lowest BCUT2D eigenvalue weighted by Gasteiger charge is -2.02. The molecule has 0 fully saturated rings. The molecule has 0 radical (unpaired) electrons. The molecule has 1 rings (SSSR count). The van der Waals surface area contributed by atoms with Crippen LogP contribution in [0.2, 0.25) is 0 Å². The highest BCUT2D eigenvalue weighted by molar-refractivity contribution is 5.69. The van der Waals surface area contributed by atoms with E-state index in [1.54, 1.807) is 0 Å². The van der Waals surface area contributed by atoms with E-state index in [2.05, 4.69) is 6.92 Å². The number of esters is 1. The minimum absolute atomic E-state index is 0.0937. The third kappa shape index (κ3) is 6.89. The highest BCUT2D eigenvalue weighted by Crippen LogP contribution is 2.04. The minimum Gasteiger partial charge on any atom is -0.466 e. The molecule has 0 aliphatic carbocycles. The van der Waals surface area contributed by atoms with Crippen molar-refractivity contribution >= 4 is 12.0 Å². The van der Waals surface area contributed by atoms with E-state index in [0.717, 1.165) is 31.2 Å². The Balaban J connectivity index is 2.10. The third-order valence-corrected chi connectivity index (χ3v) is 2.64. The number of benzene rings is 1. The highest BCUT2D eigenvalue weighted by Gasteiger charge is 1.99. The molecule has 18 heavy (non-hydrogen) atoms. The van der Waals surface area contributed by atoms with Gasteiger partial charge in [0.25, 0.3) is 0 Å². The summed E-state index contributed by atoms with van der Waals surface area (Å²) in [5.41, 5.74) is 1.16. The van der Waals surface area contributed by atoms with E-state index >= 15 is 0 Å². The molecule has 0 unspecified atom stereocenters. The van der Waals surface area contributed by atoms with Crippen molar-refractivity contribution in [1.82, 2.24) is 0 Å². The van der Waals surface area contributed by atoms with Gasteiger partial charge in [-0.1, -0.05) is 62.2 Å². The first-order valence-electron chi connectivity index (χ1n) is 6.70. The van der Waals surface area contributed by atoms with Crippen molar-refractivity contribution in [3.8, 4) is 0 Å². The first kappa shape index (κ1) is 14.5. The number of carbonyl (C=O) groups excluding carboxylic acids is 1. The molecule has 2 nitrogen and oxygen atoms in total. The Labute approximate surface area is 110 Å². The SMILES string of the molecule is CCCCCOC(=O)CC/C=C/c1ccccc1. The molecule has 0 saturated heterocycles. The minimum atomic E-state index is -0.0937. The monoisotopic (exact) mass is 246 g/mol. The zero-order chi connectivity index (χ0) is 13.1. The molecule has 0 bridgehead atoms. The van der Waals surface area contributed by atoms with Gasteiger partial charge in [-0.05, 0) is 18.4 Å². The zero-order valence-corrected chi connectivity index (χ0v) is 11.1. The van der Waals surface area contributed by atoms with Gasteiger partial charge >= 0.3 is 5.97 Å². The molecule has 0 amide bonds. The van der Waals surface area contributed by atoms with E-state index in [1.165, 1.54) is 0 Å². The maximum absolute atomic E-state index is 11.4. The summed E-state index contributed by atoms with van der Waals surface area (Å²) in [6.07, 6.45) is 8.50. The highest BCUT2D eigenvalue weighted by atomic mass is 16.5. The lowest BCUT2D eigenvalue weighted by Crippen LogP contribution is -2.04. The summed E-state index contributed by atoms with van der Waals surface area (Å²) < 4.78 is 5.12. The van der Waals surface area contributed by atoms with Crippen LogP contribution in [0.15, 0.2) is 36.4 Å².